The van der Waals surface area contributed by atoms with E-state index in [1.807, 2.05) is 0 Å². The van der Waals surface area contributed by atoms with E-state index >= 15 is 0 Å². The highest BCUT2D eigenvalue weighted by Gasteiger charge is 2.43. The fraction of sp³-hybridized carbons (Fsp3) is 1.00. The first-order valence-corrected chi connectivity index (χ1v) is 7.27. The van der Waals surface area contributed by atoms with E-state index < -0.39 is 0 Å². The summed E-state index contributed by atoms with van der Waals surface area (Å²) in [5.41, 5.74) is 6.33. The third kappa shape index (κ3) is 2.06. The molecular weight excluding hydrogens is 204 g/mol. The molecule has 0 aromatic carbocycles. The maximum absolute atomic E-state index is 6.04. The lowest BCUT2D eigenvalue weighted by molar-refractivity contribution is 0.0879. The highest BCUT2D eigenvalue weighted by Crippen LogP contribution is 2.40. The summed E-state index contributed by atoms with van der Waals surface area (Å²) in [6, 6.07) is 0. The van der Waals surface area contributed by atoms with Crippen LogP contribution in [0.25, 0.3) is 0 Å². The van der Waals surface area contributed by atoms with Gasteiger partial charge in [-0.25, -0.2) is 0 Å². The third-order valence-corrected chi connectivity index (χ3v) is 5.91. The monoisotopic (exact) mass is 228 g/mol. The lowest BCUT2D eigenvalue weighted by Crippen LogP contribution is -2.57. The average Bonchev–Trinajstić information content (AvgIpc) is 2.54. The number of nitrogens with two attached hydrogens (primary N) is 1. The van der Waals surface area contributed by atoms with Crippen molar-refractivity contribution in [3.8, 4) is 0 Å². The van der Waals surface area contributed by atoms with Crippen molar-refractivity contribution in [1.82, 2.24) is 4.90 Å². The normalized spacial score (nSPS) is 37.2. The quantitative estimate of drug-likeness (QED) is 0.797. The Balaban J connectivity index is 1.97. The van der Waals surface area contributed by atoms with Crippen molar-refractivity contribution in [3.05, 3.63) is 0 Å². The molecule has 0 aromatic heterocycles. The molecule has 2 N–H and O–H groups in total. The molecule has 2 rings (SSSR count). The minimum Gasteiger partial charge on any atom is -0.329 e. The van der Waals surface area contributed by atoms with Gasteiger partial charge in [0, 0.05) is 23.9 Å². The van der Waals surface area contributed by atoms with Crippen LogP contribution in [0.2, 0.25) is 0 Å². The van der Waals surface area contributed by atoms with Crippen LogP contribution in [0.1, 0.15) is 32.6 Å². The van der Waals surface area contributed by atoms with Gasteiger partial charge in [-0.1, -0.05) is 13.3 Å². The van der Waals surface area contributed by atoms with Gasteiger partial charge in [0.1, 0.15) is 0 Å². The van der Waals surface area contributed by atoms with Gasteiger partial charge in [-0.05, 0) is 38.0 Å². The maximum Gasteiger partial charge on any atom is 0.0452 e. The SMILES string of the molecule is CC1SCCC1(CN)N(C)CC1CCC1. The predicted molar refractivity (Wildman–Crippen MR) is 68.3 cm³/mol. The summed E-state index contributed by atoms with van der Waals surface area (Å²) in [4.78, 5) is 2.57. The molecule has 2 nitrogen and oxygen atoms in total. The van der Waals surface area contributed by atoms with Crippen LogP contribution in [0.4, 0.5) is 0 Å². The van der Waals surface area contributed by atoms with Gasteiger partial charge in [-0.15, -0.1) is 0 Å². The van der Waals surface area contributed by atoms with Crippen molar-refractivity contribution in [2.45, 2.75) is 43.4 Å². The van der Waals surface area contributed by atoms with E-state index in [0.29, 0.717) is 10.8 Å². The Hall–Kier alpha value is 0.270. The second kappa shape index (κ2) is 4.64. The van der Waals surface area contributed by atoms with Crippen LogP contribution in [0.15, 0.2) is 0 Å². The summed E-state index contributed by atoms with van der Waals surface area (Å²) >= 11 is 2.09. The molecular formula is C12H24N2S. The number of nitrogens with zero attached hydrogens (tertiary/aromatic N) is 1. The van der Waals surface area contributed by atoms with Crippen LogP contribution in [-0.2, 0) is 0 Å². The second-order valence-electron chi connectivity index (χ2n) is 5.25. The van der Waals surface area contributed by atoms with E-state index in [1.54, 1.807) is 0 Å². The maximum atomic E-state index is 6.04. The molecule has 2 atom stereocenters. The van der Waals surface area contributed by atoms with E-state index in [0.717, 1.165) is 12.5 Å². The first kappa shape index (κ1) is 11.7. The summed E-state index contributed by atoms with van der Waals surface area (Å²) in [5, 5.41) is 0.701. The highest BCUT2D eigenvalue weighted by molar-refractivity contribution is 8.00. The predicted octanol–water partition coefficient (Wildman–Crippen LogP) is 1.94. The molecule has 3 heteroatoms. The first-order valence-electron chi connectivity index (χ1n) is 6.22. The standard InChI is InChI=1S/C12H24N2S/c1-10-12(9-13,6-7-15-10)14(2)8-11-4-3-5-11/h10-11H,3-9,13H2,1-2H3. The van der Waals surface area contributed by atoms with Crippen LogP contribution in [0.3, 0.4) is 0 Å². The molecule has 15 heavy (non-hydrogen) atoms. The number of hydrogen-bond donors (Lipinski definition) is 1. The van der Waals surface area contributed by atoms with Crippen LogP contribution in [0, 0.1) is 5.92 Å². The molecule has 0 amide bonds. The van der Waals surface area contributed by atoms with E-state index in [4.69, 9.17) is 5.73 Å². The molecule has 88 valence electrons. The molecule has 1 saturated heterocycles. The van der Waals surface area contributed by atoms with E-state index in [9.17, 15) is 0 Å². The lowest BCUT2D eigenvalue weighted by Gasteiger charge is -2.44. The minimum absolute atomic E-state index is 0.292. The number of rotatable bonds is 4. The van der Waals surface area contributed by atoms with Gasteiger partial charge in [-0.2, -0.15) is 11.8 Å². The largest absolute Gasteiger partial charge is 0.329 e. The van der Waals surface area contributed by atoms with Gasteiger partial charge in [0.25, 0.3) is 0 Å². The number of thioether (sulfide) groups is 1. The van der Waals surface area contributed by atoms with Crippen molar-refractivity contribution in [1.29, 1.82) is 0 Å². The van der Waals surface area contributed by atoms with Gasteiger partial charge in [0.15, 0.2) is 0 Å². The molecule has 0 bridgehead atoms. The van der Waals surface area contributed by atoms with Crippen molar-refractivity contribution >= 4 is 11.8 Å². The van der Waals surface area contributed by atoms with Crippen LogP contribution >= 0.6 is 11.8 Å². The molecule has 0 spiro atoms. The van der Waals surface area contributed by atoms with Gasteiger partial charge < -0.3 is 5.73 Å². The average molecular weight is 228 g/mol. The molecule has 2 aliphatic rings. The van der Waals surface area contributed by atoms with Crippen molar-refractivity contribution in [3.63, 3.8) is 0 Å². The molecule has 1 heterocycles. The van der Waals surface area contributed by atoms with Crippen LogP contribution in [-0.4, -0.2) is 41.6 Å². The summed E-state index contributed by atoms with van der Waals surface area (Å²) in [6.45, 7) is 4.44. The molecule has 1 aliphatic carbocycles. The fourth-order valence-corrected chi connectivity index (χ4v) is 4.47. The second-order valence-corrected chi connectivity index (χ2v) is 6.70. The van der Waals surface area contributed by atoms with Crippen LogP contribution < -0.4 is 5.73 Å². The molecule has 1 aliphatic heterocycles. The zero-order valence-electron chi connectivity index (χ0n) is 10.0. The Morgan fingerprint density at radius 1 is 1.47 bits per heavy atom. The molecule has 2 fully saturated rings. The zero-order chi connectivity index (χ0) is 10.9. The first-order chi connectivity index (χ1) is 7.19. The highest BCUT2D eigenvalue weighted by atomic mass is 32.2. The zero-order valence-corrected chi connectivity index (χ0v) is 10.9. The minimum atomic E-state index is 0.292. The Labute approximate surface area is 98.0 Å². The van der Waals surface area contributed by atoms with Crippen LogP contribution in [0.5, 0.6) is 0 Å². The Morgan fingerprint density at radius 2 is 2.20 bits per heavy atom. The lowest BCUT2D eigenvalue weighted by atomic mass is 9.83. The van der Waals surface area contributed by atoms with E-state index in [1.165, 1.54) is 38.0 Å². The van der Waals surface area contributed by atoms with Gasteiger partial charge in [-0.3, -0.25) is 4.90 Å². The molecule has 2 unspecified atom stereocenters. The topological polar surface area (TPSA) is 29.3 Å². The van der Waals surface area contributed by atoms with Crippen molar-refractivity contribution in [2.24, 2.45) is 11.7 Å². The van der Waals surface area contributed by atoms with Gasteiger partial charge in [0.2, 0.25) is 0 Å². The molecule has 1 saturated carbocycles. The van der Waals surface area contributed by atoms with E-state index in [2.05, 4.69) is 30.6 Å². The van der Waals surface area contributed by atoms with Crippen molar-refractivity contribution < 1.29 is 0 Å². The summed E-state index contributed by atoms with van der Waals surface area (Å²) in [6.07, 6.45) is 5.59. The molecule has 0 radical (unpaired) electrons. The Morgan fingerprint density at radius 3 is 2.60 bits per heavy atom. The van der Waals surface area contributed by atoms with Crippen molar-refractivity contribution in [2.75, 3.05) is 25.9 Å². The smallest absolute Gasteiger partial charge is 0.0452 e. The summed E-state index contributed by atoms with van der Waals surface area (Å²) in [7, 11) is 2.29. The van der Waals surface area contributed by atoms with Gasteiger partial charge in [0.05, 0.1) is 0 Å². The fourth-order valence-electron chi connectivity index (χ4n) is 2.94. The Kier molecular flexibility index (Phi) is 3.63. The number of hydrogen-bond acceptors (Lipinski definition) is 3. The van der Waals surface area contributed by atoms with Gasteiger partial charge >= 0.3 is 0 Å². The number of likely N-dealkylation sites (N-methyl/N-ethyl adjacent to an activating group) is 1. The Bertz CT molecular complexity index is 218. The summed E-state index contributed by atoms with van der Waals surface area (Å²) in [5.74, 6) is 2.24. The third-order valence-electron chi connectivity index (χ3n) is 4.53. The van der Waals surface area contributed by atoms with E-state index in [-0.39, 0.29) is 0 Å². The summed E-state index contributed by atoms with van der Waals surface area (Å²) < 4.78 is 0. The molecule has 0 aromatic rings.